The van der Waals surface area contributed by atoms with E-state index in [2.05, 4.69) is 10.2 Å². The van der Waals surface area contributed by atoms with Crippen molar-refractivity contribution in [3.63, 3.8) is 0 Å². The molecule has 0 bridgehead atoms. The molecule has 0 unspecified atom stereocenters. The zero-order valence-electron chi connectivity index (χ0n) is 12.2. The summed E-state index contributed by atoms with van der Waals surface area (Å²) in [6.07, 6.45) is 5.19. The summed E-state index contributed by atoms with van der Waals surface area (Å²) >= 11 is 3.14. The fourth-order valence-corrected chi connectivity index (χ4v) is 4.55. The fraction of sp³-hybridized carbons (Fsp3) is 0.643. The van der Waals surface area contributed by atoms with Gasteiger partial charge >= 0.3 is 0 Å². The largest absolute Gasteiger partial charge is 0.396 e. The first-order chi connectivity index (χ1) is 10.2. The molecule has 0 atom stereocenters. The molecule has 1 amide bonds. The summed E-state index contributed by atoms with van der Waals surface area (Å²) in [4.78, 5) is 16.3. The van der Waals surface area contributed by atoms with Crippen molar-refractivity contribution in [2.45, 2.75) is 30.2 Å². The van der Waals surface area contributed by atoms with Crippen LogP contribution in [-0.2, 0) is 4.74 Å². The molecule has 2 heterocycles. The Hall–Kier alpha value is -0.920. The third kappa shape index (κ3) is 3.30. The maximum Gasteiger partial charge on any atom is 0.263 e. The molecule has 1 aliphatic carbocycles. The van der Waals surface area contributed by atoms with Crippen LogP contribution in [0.2, 0.25) is 0 Å². The maximum atomic E-state index is 12.3. The minimum atomic E-state index is -0.0207. The monoisotopic (exact) mass is 327 g/mol. The topological polar surface area (TPSA) is 67.6 Å². The van der Waals surface area contributed by atoms with Gasteiger partial charge in [0.15, 0.2) is 0 Å². The number of thioether (sulfide) groups is 1. The number of nitrogens with zero attached hydrogens (tertiary/aromatic N) is 1. The summed E-state index contributed by atoms with van der Waals surface area (Å²) in [5.41, 5.74) is 6.86. The van der Waals surface area contributed by atoms with Gasteiger partial charge in [-0.3, -0.25) is 4.79 Å². The Morgan fingerprint density at radius 3 is 2.95 bits per heavy atom. The smallest absolute Gasteiger partial charge is 0.263 e. The van der Waals surface area contributed by atoms with Crippen LogP contribution in [-0.4, -0.2) is 44.5 Å². The third-order valence-corrected chi connectivity index (χ3v) is 5.93. The van der Waals surface area contributed by atoms with Gasteiger partial charge in [0.2, 0.25) is 0 Å². The van der Waals surface area contributed by atoms with E-state index >= 15 is 0 Å². The van der Waals surface area contributed by atoms with Crippen LogP contribution in [0.3, 0.4) is 0 Å². The Morgan fingerprint density at radius 2 is 2.24 bits per heavy atom. The second-order valence-electron chi connectivity index (χ2n) is 5.38. The number of thiophene rings is 1. The van der Waals surface area contributed by atoms with Crippen LogP contribution >= 0.6 is 23.1 Å². The second-order valence-corrected chi connectivity index (χ2v) is 7.20. The highest BCUT2D eigenvalue weighted by Gasteiger charge is 2.28. The first kappa shape index (κ1) is 15.0. The molecule has 0 spiro atoms. The van der Waals surface area contributed by atoms with Gasteiger partial charge in [-0.25, -0.2) is 0 Å². The van der Waals surface area contributed by atoms with Crippen LogP contribution in [0.25, 0.3) is 0 Å². The predicted octanol–water partition coefficient (Wildman–Crippen LogP) is 2.17. The lowest BCUT2D eigenvalue weighted by molar-refractivity contribution is 0.0956. The summed E-state index contributed by atoms with van der Waals surface area (Å²) < 4.78 is 5.51. The number of hydrogen-bond acceptors (Lipinski definition) is 6. The van der Waals surface area contributed by atoms with Crippen molar-refractivity contribution in [1.29, 1.82) is 0 Å². The number of ether oxygens (including phenoxy) is 1. The van der Waals surface area contributed by atoms with E-state index < -0.39 is 0 Å². The highest BCUT2D eigenvalue weighted by atomic mass is 32.2. The van der Waals surface area contributed by atoms with Crippen LogP contribution in [0.1, 0.15) is 28.9 Å². The molecule has 5 nitrogen and oxygen atoms in total. The average molecular weight is 327 g/mol. The number of carbonyl (C=O) groups is 1. The third-order valence-electron chi connectivity index (χ3n) is 3.71. The zero-order valence-corrected chi connectivity index (χ0v) is 13.8. The normalized spacial score (nSPS) is 19.4. The van der Waals surface area contributed by atoms with Crippen molar-refractivity contribution in [2.24, 2.45) is 0 Å². The Bertz CT molecular complexity index is 521. The predicted molar refractivity (Wildman–Crippen MR) is 88.6 cm³/mol. The van der Waals surface area contributed by atoms with Gasteiger partial charge in [-0.05, 0) is 25.5 Å². The van der Waals surface area contributed by atoms with Gasteiger partial charge in [-0.15, -0.1) is 23.1 Å². The molecule has 116 valence electrons. The first-order valence-corrected chi connectivity index (χ1v) is 9.34. The van der Waals surface area contributed by atoms with Gasteiger partial charge in [0.1, 0.15) is 9.88 Å². The molecule has 2 fully saturated rings. The molecule has 2 aliphatic rings. The van der Waals surface area contributed by atoms with Crippen molar-refractivity contribution in [1.82, 2.24) is 5.32 Å². The van der Waals surface area contributed by atoms with Crippen molar-refractivity contribution in [2.75, 3.05) is 43.2 Å². The number of nitrogens with two attached hydrogens (primary N) is 1. The molecule has 1 saturated carbocycles. The molecule has 0 aromatic carbocycles. The van der Waals surface area contributed by atoms with Crippen molar-refractivity contribution in [3.8, 4) is 0 Å². The SMILES string of the molecule is CSc1c(N2CCCOCC2)sc(C(=O)NC2CC2)c1N. The highest BCUT2D eigenvalue weighted by Crippen LogP contribution is 2.44. The van der Waals surface area contributed by atoms with Crippen LogP contribution in [0.15, 0.2) is 4.90 Å². The number of carbonyl (C=O) groups excluding carboxylic acids is 1. The van der Waals surface area contributed by atoms with E-state index in [1.165, 1.54) is 11.3 Å². The van der Waals surface area contributed by atoms with Gasteiger partial charge in [0, 0.05) is 25.7 Å². The number of amides is 1. The summed E-state index contributed by atoms with van der Waals surface area (Å²) in [5.74, 6) is -0.0207. The molecule has 1 aliphatic heterocycles. The standard InChI is InChI=1S/C14H21N3O2S2/c1-20-12-10(15)11(13(18)16-9-3-4-9)21-14(12)17-5-2-7-19-8-6-17/h9H,2-8,15H2,1H3,(H,16,18). The Kier molecular flexibility index (Phi) is 4.61. The van der Waals surface area contributed by atoms with Crippen molar-refractivity contribution < 1.29 is 9.53 Å². The van der Waals surface area contributed by atoms with Gasteiger partial charge in [-0.1, -0.05) is 0 Å². The maximum absolute atomic E-state index is 12.3. The second kappa shape index (κ2) is 6.46. The van der Waals surface area contributed by atoms with Crippen molar-refractivity contribution in [3.05, 3.63) is 4.88 Å². The van der Waals surface area contributed by atoms with E-state index in [1.807, 2.05) is 6.26 Å². The molecular weight excluding hydrogens is 306 g/mol. The number of hydrogen-bond donors (Lipinski definition) is 2. The van der Waals surface area contributed by atoms with Gasteiger partial charge in [0.05, 0.1) is 17.2 Å². The number of rotatable bonds is 4. The van der Waals surface area contributed by atoms with E-state index in [0.717, 1.165) is 55.5 Å². The first-order valence-electron chi connectivity index (χ1n) is 7.30. The minimum Gasteiger partial charge on any atom is -0.396 e. The lowest BCUT2D eigenvalue weighted by Crippen LogP contribution is -2.25. The lowest BCUT2D eigenvalue weighted by Gasteiger charge is -2.21. The highest BCUT2D eigenvalue weighted by molar-refractivity contribution is 7.99. The lowest BCUT2D eigenvalue weighted by atomic mass is 10.3. The van der Waals surface area contributed by atoms with Crippen LogP contribution in [0.4, 0.5) is 10.7 Å². The molecule has 7 heteroatoms. The summed E-state index contributed by atoms with van der Waals surface area (Å²) in [7, 11) is 0. The van der Waals surface area contributed by atoms with E-state index in [4.69, 9.17) is 10.5 Å². The van der Waals surface area contributed by atoms with Gasteiger partial charge in [-0.2, -0.15) is 0 Å². The molecule has 1 saturated heterocycles. The van der Waals surface area contributed by atoms with E-state index in [1.54, 1.807) is 11.8 Å². The number of nitrogen functional groups attached to an aromatic ring is 1. The number of nitrogens with one attached hydrogen (secondary N) is 1. The van der Waals surface area contributed by atoms with E-state index in [9.17, 15) is 4.79 Å². The van der Waals surface area contributed by atoms with Gasteiger partial charge < -0.3 is 20.7 Å². The van der Waals surface area contributed by atoms with Crippen LogP contribution < -0.4 is 16.0 Å². The van der Waals surface area contributed by atoms with Crippen LogP contribution in [0.5, 0.6) is 0 Å². The molecular formula is C14H21N3O2S2. The number of anilines is 2. The average Bonchev–Trinajstić information content (AvgIpc) is 3.25. The molecule has 21 heavy (non-hydrogen) atoms. The molecule has 1 aromatic rings. The van der Waals surface area contributed by atoms with Crippen LogP contribution in [0, 0.1) is 0 Å². The molecule has 3 rings (SSSR count). The zero-order chi connectivity index (χ0) is 14.8. The molecule has 0 radical (unpaired) electrons. The molecule has 1 aromatic heterocycles. The van der Waals surface area contributed by atoms with Gasteiger partial charge in [0.25, 0.3) is 5.91 Å². The Balaban J connectivity index is 1.86. The van der Waals surface area contributed by atoms with E-state index in [0.29, 0.717) is 16.6 Å². The molecule has 3 N–H and O–H groups in total. The Morgan fingerprint density at radius 1 is 1.43 bits per heavy atom. The summed E-state index contributed by atoms with van der Waals surface area (Å²) in [6, 6.07) is 0.353. The minimum absolute atomic E-state index is 0.0207. The van der Waals surface area contributed by atoms with E-state index in [-0.39, 0.29) is 5.91 Å². The quantitative estimate of drug-likeness (QED) is 0.830. The summed E-state index contributed by atoms with van der Waals surface area (Å²) in [5, 5.41) is 4.15. The summed E-state index contributed by atoms with van der Waals surface area (Å²) in [6.45, 7) is 3.35. The fourth-order valence-electron chi connectivity index (χ4n) is 2.42. The Labute approximate surface area is 133 Å². The van der Waals surface area contributed by atoms with Crippen molar-refractivity contribution >= 4 is 39.7 Å².